The van der Waals surface area contributed by atoms with E-state index in [1.807, 2.05) is 25.1 Å². The zero-order chi connectivity index (χ0) is 35.6. The molecule has 4 aromatic rings. The fourth-order valence-corrected chi connectivity index (χ4v) is 7.96. The van der Waals surface area contributed by atoms with E-state index in [0.29, 0.717) is 17.1 Å². The number of nitrogens with one attached hydrogen (secondary N) is 2. The van der Waals surface area contributed by atoms with Crippen molar-refractivity contribution < 1.29 is 27.2 Å². The quantitative estimate of drug-likeness (QED) is 0.171. The molecule has 3 aromatic carbocycles. The highest BCUT2D eigenvalue weighted by Gasteiger charge is 2.41. The number of benzene rings is 3. The lowest BCUT2D eigenvalue weighted by atomic mass is 9.88. The van der Waals surface area contributed by atoms with Crippen LogP contribution in [-0.4, -0.2) is 52.0 Å². The van der Waals surface area contributed by atoms with Crippen molar-refractivity contribution >= 4 is 67.7 Å². The van der Waals surface area contributed by atoms with E-state index in [2.05, 4.69) is 34.4 Å². The molecule has 0 spiro atoms. The van der Waals surface area contributed by atoms with Crippen molar-refractivity contribution in [3.05, 3.63) is 83.6 Å². The fraction of sp³-hybridized carbons (Fsp3) is 0.297. The van der Waals surface area contributed by atoms with Crippen LogP contribution in [0.3, 0.4) is 0 Å². The molecule has 2 amide bonds. The number of carbonyl (C=O) groups excluding carboxylic acids is 2. The molecule has 260 valence electrons. The Morgan fingerprint density at radius 3 is 2.46 bits per heavy atom. The van der Waals surface area contributed by atoms with Crippen molar-refractivity contribution in [3.63, 3.8) is 0 Å². The lowest BCUT2D eigenvalue weighted by Gasteiger charge is -2.30. The van der Waals surface area contributed by atoms with E-state index >= 15 is 0 Å². The molecule has 2 N–H and O–H groups in total. The number of hydrogen-bond donors (Lipinski definition) is 2. The first-order valence-electron chi connectivity index (χ1n) is 16.6. The Kier molecular flexibility index (Phi) is 9.78. The van der Waals surface area contributed by atoms with Gasteiger partial charge in [0.25, 0.3) is 15.9 Å². The third-order valence-corrected chi connectivity index (χ3v) is 10.5. The van der Waals surface area contributed by atoms with Crippen molar-refractivity contribution in [2.24, 2.45) is 9.98 Å². The summed E-state index contributed by atoms with van der Waals surface area (Å²) in [5.74, 6) is -1.12. The van der Waals surface area contributed by atoms with Gasteiger partial charge in [0.05, 0.1) is 30.4 Å². The van der Waals surface area contributed by atoms with Crippen LogP contribution in [0.1, 0.15) is 50.3 Å². The van der Waals surface area contributed by atoms with Gasteiger partial charge in [-0.3, -0.25) is 9.59 Å². The minimum Gasteiger partial charge on any atom is -0.495 e. The van der Waals surface area contributed by atoms with Crippen LogP contribution in [0.15, 0.2) is 86.2 Å². The van der Waals surface area contributed by atoms with Gasteiger partial charge in [0, 0.05) is 31.4 Å². The maximum absolute atomic E-state index is 14.6. The minimum atomic E-state index is -4.31. The van der Waals surface area contributed by atoms with Crippen molar-refractivity contribution in [2.75, 3.05) is 40.0 Å². The van der Waals surface area contributed by atoms with E-state index in [1.165, 1.54) is 31.9 Å². The van der Waals surface area contributed by atoms with Crippen LogP contribution in [0.4, 0.5) is 34.3 Å². The van der Waals surface area contributed by atoms with Gasteiger partial charge in [-0.2, -0.15) is 4.99 Å². The van der Waals surface area contributed by atoms with Gasteiger partial charge in [0.2, 0.25) is 11.8 Å². The Balaban J connectivity index is 1.59. The maximum Gasteiger partial charge on any atom is 0.278 e. The molecule has 0 radical (unpaired) electrons. The molecule has 2 heterocycles. The number of fused-ring (bicyclic) bond motifs is 2. The second-order valence-electron chi connectivity index (χ2n) is 12.1. The van der Waals surface area contributed by atoms with Crippen LogP contribution >= 0.6 is 0 Å². The maximum atomic E-state index is 14.6. The van der Waals surface area contributed by atoms with E-state index in [9.17, 15) is 18.0 Å². The van der Waals surface area contributed by atoms with Gasteiger partial charge in [-0.15, -0.1) is 0 Å². The highest BCUT2D eigenvalue weighted by atomic mass is 32.2. The first-order chi connectivity index (χ1) is 24.0. The SMILES string of the molecule is CCN(CC)c1ccc(N=C(C(=O)Nc2cc(NC(C)=O)ccc2OC)C2=Nc3occc3S(=O)(=O)N2c2cccc(C)c2)c2c1CCCC2. The number of furan rings is 1. The molecule has 1 aliphatic heterocycles. The molecule has 6 rings (SSSR count). The number of amides is 2. The smallest absolute Gasteiger partial charge is 0.278 e. The summed E-state index contributed by atoms with van der Waals surface area (Å²) in [7, 11) is -2.85. The number of ether oxygens (including phenoxy) is 1. The summed E-state index contributed by atoms with van der Waals surface area (Å²) in [4.78, 5) is 38.3. The minimum absolute atomic E-state index is 0.131. The second-order valence-corrected chi connectivity index (χ2v) is 13.8. The molecule has 0 fully saturated rings. The molecule has 13 heteroatoms. The molecule has 0 saturated carbocycles. The summed E-state index contributed by atoms with van der Waals surface area (Å²) in [5.41, 5.74) is 5.35. The molecule has 1 aliphatic carbocycles. The van der Waals surface area contributed by atoms with Crippen molar-refractivity contribution in [2.45, 2.75) is 58.3 Å². The zero-order valence-electron chi connectivity index (χ0n) is 28.7. The number of anilines is 4. The molecule has 1 aromatic heterocycles. The number of sulfonamides is 1. The number of methoxy groups -OCH3 is 1. The average molecular weight is 697 g/mol. The van der Waals surface area contributed by atoms with Gasteiger partial charge < -0.3 is 24.7 Å². The molecule has 2 aliphatic rings. The second kappa shape index (κ2) is 14.2. The standard InChI is InChI=1S/C37H40N6O6S/c1-6-42(7-2)31-17-16-29(27-13-8-9-14-28(27)31)39-34(36(45)40-30-22-25(38-24(4)44)15-18-32(30)48-5)35-41-37-33(19-20-49-37)50(46,47)43(35)26-12-10-11-23(3)21-26/h10-12,15-22H,6-9,13-14H2,1-5H3,(H,38,44)(H,40,45). The number of aliphatic imine (C=N–C) groups is 2. The summed E-state index contributed by atoms with van der Waals surface area (Å²) in [6.07, 6.45) is 4.84. The number of aryl methyl sites for hydroxylation is 1. The summed E-state index contributed by atoms with van der Waals surface area (Å²) >= 11 is 0. The number of amidine groups is 1. The van der Waals surface area contributed by atoms with Gasteiger partial charge in [-0.25, -0.2) is 17.7 Å². The molecule has 0 unspecified atom stereocenters. The lowest BCUT2D eigenvalue weighted by molar-refractivity contribution is -0.114. The number of hydrogen-bond acceptors (Lipinski definition) is 9. The third kappa shape index (κ3) is 6.60. The Morgan fingerprint density at radius 1 is 1.00 bits per heavy atom. The number of rotatable bonds is 10. The third-order valence-electron chi connectivity index (χ3n) is 8.78. The summed E-state index contributed by atoms with van der Waals surface area (Å²) in [5, 5.41) is 5.57. The first kappa shape index (κ1) is 34.4. The molecular weight excluding hydrogens is 657 g/mol. The molecule has 0 bridgehead atoms. The largest absolute Gasteiger partial charge is 0.495 e. The highest BCUT2D eigenvalue weighted by molar-refractivity contribution is 7.94. The van der Waals surface area contributed by atoms with Gasteiger partial charge in [-0.1, -0.05) is 12.1 Å². The van der Waals surface area contributed by atoms with Crippen LogP contribution in [0, 0.1) is 6.92 Å². The van der Waals surface area contributed by atoms with Gasteiger partial charge in [0.15, 0.2) is 16.4 Å². The van der Waals surface area contributed by atoms with Crippen molar-refractivity contribution in [3.8, 4) is 5.75 Å². The summed E-state index contributed by atoms with van der Waals surface area (Å²) in [6, 6.07) is 17.0. The van der Waals surface area contributed by atoms with Crippen LogP contribution in [-0.2, 0) is 32.5 Å². The van der Waals surface area contributed by atoms with E-state index in [-0.39, 0.29) is 39.6 Å². The normalized spacial score (nSPS) is 15.0. The zero-order valence-corrected chi connectivity index (χ0v) is 29.6. The molecule has 0 atom stereocenters. The Labute approximate surface area is 291 Å². The predicted octanol–water partition coefficient (Wildman–Crippen LogP) is 6.93. The lowest BCUT2D eigenvalue weighted by Crippen LogP contribution is -2.47. The van der Waals surface area contributed by atoms with E-state index in [4.69, 9.17) is 14.1 Å². The van der Waals surface area contributed by atoms with E-state index in [1.54, 1.807) is 36.4 Å². The topological polar surface area (TPSA) is 146 Å². The monoisotopic (exact) mass is 696 g/mol. The van der Waals surface area contributed by atoms with Crippen LogP contribution in [0.25, 0.3) is 0 Å². The highest BCUT2D eigenvalue weighted by Crippen LogP contribution is 2.40. The van der Waals surface area contributed by atoms with Gasteiger partial charge in [0.1, 0.15) is 5.75 Å². The Morgan fingerprint density at radius 2 is 1.76 bits per heavy atom. The molecule has 12 nitrogen and oxygen atoms in total. The molecule has 50 heavy (non-hydrogen) atoms. The van der Waals surface area contributed by atoms with Crippen LogP contribution in [0.2, 0.25) is 0 Å². The fourth-order valence-electron chi connectivity index (χ4n) is 6.47. The van der Waals surface area contributed by atoms with E-state index in [0.717, 1.165) is 59.9 Å². The first-order valence-corrected chi connectivity index (χ1v) is 18.0. The predicted molar refractivity (Wildman–Crippen MR) is 196 cm³/mol. The van der Waals surface area contributed by atoms with Crippen LogP contribution in [0.5, 0.6) is 5.75 Å². The van der Waals surface area contributed by atoms with Crippen LogP contribution < -0.4 is 24.6 Å². The summed E-state index contributed by atoms with van der Waals surface area (Å²) < 4.78 is 40.7. The van der Waals surface area contributed by atoms with Crippen molar-refractivity contribution in [1.29, 1.82) is 0 Å². The molecular formula is C37H40N6O6S. The van der Waals surface area contributed by atoms with Gasteiger partial charge >= 0.3 is 0 Å². The van der Waals surface area contributed by atoms with Crippen molar-refractivity contribution in [1.82, 2.24) is 0 Å². The van der Waals surface area contributed by atoms with E-state index < -0.39 is 15.9 Å². The summed E-state index contributed by atoms with van der Waals surface area (Å²) in [6.45, 7) is 9.14. The number of nitrogens with zero attached hydrogens (tertiary/aromatic N) is 4. The average Bonchev–Trinajstić information content (AvgIpc) is 3.58. The number of carbonyl (C=O) groups is 2. The Hall–Kier alpha value is -5.43. The van der Waals surface area contributed by atoms with Gasteiger partial charge in [-0.05, 0) is 112 Å². The molecule has 0 saturated heterocycles. The Bertz CT molecular complexity index is 2130.